The van der Waals surface area contributed by atoms with Crippen molar-refractivity contribution in [1.82, 2.24) is 14.8 Å². The number of amides is 1. The van der Waals surface area contributed by atoms with Crippen LogP contribution in [-0.2, 0) is 16.1 Å². The monoisotopic (exact) mass is 547 g/mol. The third-order valence-corrected chi connectivity index (χ3v) is 7.49. The van der Waals surface area contributed by atoms with E-state index in [1.54, 1.807) is 29.2 Å². The molecule has 0 saturated carbocycles. The van der Waals surface area contributed by atoms with Crippen molar-refractivity contribution in [3.63, 3.8) is 0 Å². The second-order valence-electron chi connectivity index (χ2n) is 8.88. The van der Waals surface area contributed by atoms with Gasteiger partial charge in [-0.05, 0) is 36.8 Å². The summed E-state index contributed by atoms with van der Waals surface area (Å²) >= 11 is 1.04. The summed E-state index contributed by atoms with van der Waals surface area (Å²) in [5.41, 5.74) is 0.464. The highest BCUT2D eigenvalue weighted by Gasteiger charge is 2.46. The molecule has 2 aliphatic heterocycles. The van der Waals surface area contributed by atoms with Gasteiger partial charge >= 0.3 is 6.18 Å². The number of nitrogens with zero attached hydrogens (tertiary/aromatic N) is 4. The molecule has 3 heterocycles. The Kier molecular flexibility index (Phi) is 6.99. The molecule has 0 atom stereocenters. The molecule has 3 aromatic rings. The SMILES string of the molecule is C/C(=C(\C(=O)N(N)c1nc2ccccc2s1)C(=O)C(F)(F)F)N1CCN(Cc2ccc3c(c2)OCO3)CC1. The van der Waals surface area contributed by atoms with Crippen molar-refractivity contribution in [1.29, 1.82) is 0 Å². The highest BCUT2D eigenvalue weighted by atomic mass is 32.1. The minimum Gasteiger partial charge on any atom is -0.454 e. The van der Waals surface area contributed by atoms with Gasteiger partial charge in [-0.2, -0.15) is 13.2 Å². The van der Waals surface area contributed by atoms with Gasteiger partial charge in [0.2, 0.25) is 11.9 Å². The number of ether oxygens (including phenoxy) is 2. The maximum Gasteiger partial charge on any atom is 0.455 e. The zero-order chi connectivity index (χ0) is 27.0. The smallest absolute Gasteiger partial charge is 0.454 e. The second-order valence-corrected chi connectivity index (χ2v) is 9.89. The summed E-state index contributed by atoms with van der Waals surface area (Å²) in [6, 6.07) is 12.6. The van der Waals surface area contributed by atoms with Crippen molar-refractivity contribution >= 4 is 38.4 Å². The van der Waals surface area contributed by atoms with Crippen LogP contribution in [0.2, 0.25) is 0 Å². The molecule has 2 aromatic carbocycles. The molecule has 1 amide bonds. The second kappa shape index (κ2) is 10.2. The highest BCUT2D eigenvalue weighted by Crippen LogP contribution is 2.33. The Labute approximate surface area is 219 Å². The molecule has 38 heavy (non-hydrogen) atoms. The van der Waals surface area contributed by atoms with Gasteiger partial charge in [0.05, 0.1) is 10.2 Å². The van der Waals surface area contributed by atoms with Gasteiger partial charge in [-0.15, -0.1) is 0 Å². The highest BCUT2D eigenvalue weighted by molar-refractivity contribution is 7.22. The standard InChI is InChI=1S/C25H24F3N5O4S/c1-15(32-10-8-31(9-11-32)13-16-6-7-18-19(12-16)37-14-36-18)21(22(34)25(26,27)28)23(35)33(29)24-30-17-4-2-3-5-20(17)38-24/h2-7,12H,8-11,13-14,29H2,1H3/b21-15+. The van der Waals surface area contributed by atoms with Crippen molar-refractivity contribution in [3.8, 4) is 11.5 Å². The fraction of sp³-hybridized carbons (Fsp3) is 0.320. The Morgan fingerprint density at radius 3 is 2.50 bits per heavy atom. The molecule has 0 bridgehead atoms. The van der Waals surface area contributed by atoms with Crippen LogP contribution in [0.1, 0.15) is 12.5 Å². The molecule has 0 spiro atoms. The summed E-state index contributed by atoms with van der Waals surface area (Å²) < 4.78 is 52.1. The van der Waals surface area contributed by atoms with Gasteiger partial charge < -0.3 is 14.4 Å². The molecule has 1 fully saturated rings. The number of ketones is 1. The van der Waals surface area contributed by atoms with Crippen LogP contribution in [0.15, 0.2) is 53.7 Å². The number of hydrogen-bond donors (Lipinski definition) is 1. The maximum absolute atomic E-state index is 13.6. The number of alkyl halides is 3. The van der Waals surface area contributed by atoms with E-state index >= 15 is 0 Å². The van der Waals surface area contributed by atoms with Gasteiger partial charge in [0.15, 0.2) is 11.5 Å². The lowest BCUT2D eigenvalue weighted by molar-refractivity contribution is -0.167. The molecular weight excluding hydrogens is 523 g/mol. The Hall–Kier alpha value is -3.68. The molecule has 9 nitrogen and oxygen atoms in total. The number of allylic oxidation sites excluding steroid dienone is 1. The van der Waals surface area contributed by atoms with Crippen LogP contribution in [0.5, 0.6) is 11.5 Å². The van der Waals surface area contributed by atoms with Crippen LogP contribution in [-0.4, -0.2) is 65.6 Å². The minimum absolute atomic E-state index is 0.00924. The number of aromatic nitrogens is 1. The van der Waals surface area contributed by atoms with E-state index in [9.17, 15) is 22.8 Å². The lowest BCUT2D eigenvalue weighted by Gasteiger charge is -2.37. The predicted octanol–water partition coefficient (Wildman–Crippen LogP) is 3.45. The quantitative estimate of drug-likeness (QED) is 0.125. The number of hydrogen-bond acceptors (Lipinski definition) is 9. The molecule has 1 saturated heterocycles. The van der Waals surface area contributed by atoms with E-state index < -0.39 is 23.4 Å². The Balaban J connectivity index is 1.34. The van der Waals surface area contributed by atoms with Crippen LogP contribution in [0, 0.1) is 0 Å². The fourth-order valence-electron chi connectivity index (χ4n) is 4.43. The first-order chi connectivity index (χ1) is 18.1. The first-order valence-corrected chi connectivity index (χ1v) is 12.6. The van der Waals surface area contributed by atoms with E-state index in [-0.39, 0.29) is 17.6 Å². The lowest BCUT2D eigenvalue weighted by Crippen LogP contribution is -2.48. The molecule has 2 aliphatic rings. The van der Waals surface area contributed by atoms with Gasteiger partial charge in [0, 0.05) is 38.4 Å². The molecule has 13 heteroatoms. The number of fused-ring (bicyclic) bond motifs is 2. The van der Waals surface area contributed by atoms with E-state index in [0.29, 0.717) is 59.4 Å². The summed E-state index contributed by atoms with van der Waals surface area (Å²) in [7, 11) is 0. The van der Waals surface area contributed by atoms with Gasteiger partial charge in [0.1, 0.15) is 5.57 Å². The van der Waals surface area contributed by atoms with Crippen molar-refractivity contribution in [3.05, 3.63) is 59.3 Å². The molecule has 0 aliphatic carbocycles. The molecule has 200 valence electrons. The van der Waals surface area contributed by atoms with E-state index in [1.807, 2.05) is 18.2 Å². The maximum atomic E-state index is 13.6. The van der Waals surface area contributed by atoms with Crippen molar-refractivity contribution in [2.24, 2.45) is 5.84 Å². The molecule has 2 N–H and O–H groups in total. The summed E-state index contributed by atoms with van der Waals surface area (Å²) in [5, 5.41) is 0.508. The number of thiazole rings is 1. The lowest BCUT2D eigenvalue weighted by atomic mass is 10.1. The minimum atomic E-state index is -5.25. The van der Waals surface area contributed by atoms with E-state index in [4.69, 9.17) is 15.3 Å². The van der Waals surface area contributed by atoms with Crippen LogP contribution < -0.4 is 20.3 Å². The number of halogens is 3. The number of rotatable bonds is 6. The number of para-hydroxylation sites is 1. The Bertz CT molecular complexity index is 1380. The number of carbonyl (C=O) groups excluding carboxylic acids is 2. The first kappa shape index (κ1) is 25.9. The number of benzene rings is 2. The van der Waals surface area contributed by atoms with Gasteiger partial charge in [-0.25, -0.2) is 15.8 Å². The van der Waals surface area contributed by atoms with E-state index in [2.05, 4.69) is 9.88 Å². The zero-order valence-corrected chi connectivity index (χ0v) is 21.1. The number of nitrogens with two attached hydrogens (primary N) is 1. The summed E-state index contributed by atoms with van der Waals surface area (Å²) in [6.07, 6.45) is -5.25. The third kappa shape index (κ3) is 5.17. The summed E-state index contributed by atoms with van der Waals surface area (Å²) in [5.74, 6) is 3.80. The van der Waals surface area contributed by atoms with E-state index in [1.165, 1.54) is 6.92 Å². The predicted molar refractivity (Wildman–Crippen MR) is 134 cm³/mol. The van der Waals surface area contributed by atoms with Crippen molar-refractivity contribution in [2.75, 3.05) is 38.0 Å². The number of anilines is 1. The largest absolute Gasteiger partial charge is 0.455 e. The average molecular weight is 548 g/mol. The number of hydrazine groups is 1. The van der Waals surface area contributed by atoms with Gasteiger partial charge in [-0.1, -0.05) is 29.5 Å². The number of carbonyl (C=O) groups is 2. The summed E-state index contributed by atoms with van der Waals surface area (Å²) in [4.78, 5) is 33.6. The van der Waals surface area contributed by atoms with Crippen LogP contribution in [0.25, 0.3) is 10.2 Å². The fourth-order valence-corrected chi connectivity index (χ4v) is 5.31. The van der Waals surface area contributed by atoms with Gasteiger partial charge in [-0.3, -0.25) is 14.5 Å². The molecule has 5 rings (SSSR count). The summed E-state index contributed by atoms with van der Waals surface area (Å²) in [6.45, 7) is 3.80. The Morgan fingerprint density at radius 1 is 1.08 bits per heavy atom. The number of Topliss-reactive ketones (excluding diaryl/α,β-unsaturated/α-hetero) is 1. The topological polar surface area (TPSA) is 101 Å². The number of piperazine rings is 1. The molecular formula is C25H24F3N5O4S. The van der Waals surface area contributed by atoms with Crippen molar-refractivity contribution in [2.45, 2.75) is 19.6 Å². The average Bonchev–Trinajstić information content (AvgIpc) is 3.54. The van der Waals surface area contributed by atoms with Crippen molar-refractivity contribution < 1.29 is 32.2 Å². The zero-order valence-electron chi connectivity index (χ0n) is 20.3. The molecule has 1 aromatic heterocycles. The Morgan fingerprint density at radius 2 is 1.79 bits per heavy atom. The molecule has 0 radical (unpaired) electrons. The normalized spacial score (nSPS) is 16.5. The van der Waals surface area contributed by atoms with E-state index in [0.717, 1.165) is 16.9 Å². The third-order valence-electron chi connectivity index (χ3n) is 6.46. The van der Waals surface area contributed by atoms with Crippen LogP contribution in [0.4, 0.5) is 18.3 Å². The molecule has 0 unspecified atom stereocenters. The van der Waals surface area contributed by atoms with Gasteiger partial charge in [0.25, 0.3) is 11.7 Å². The van der Waals surface area contributed by atoms with Crippen LogP contribution in [0.3, 0.4) is 0 Å². The van der Waals surface area contributed by atoms with Crippen LogP contribution >= 0.6 is 11.3 Å². The first-order valence-electron chi connectivity index (χ1n) is 11.7.